The summed E-state index contributed by atoms with van der Waals surface area (Å²) in [5.74, 6) is -2.06. The zero-order valence-corrected chi connectivity index (χ0v) is 11.7. The Hall–Kier alpha value is -1.85. The molecule has 0 aliphatic carbocycles. The van der Waals surface area contributed by atoms with E-state index in [0.717, 1.165) is 17.7 Å². The lowest BCUT2D eigenvalue weighted by molar-refractivity contribution is 0.241. The largest absolute Gasteiger partial charge is 0.329 e. The van der Waals surface area contributed by atoms with Crippen LogP contribution in [0.15, 0.2) is 42.5 Å². The predicted octanol–water partition coefficient (Wildman–Crippen LogP) is 3.24. The summed E-state index contributed by atoms with van der Waals surface area (Å²) >= 11 is 0. The molecule has 2 N–H and O–H groups in total. The normalized spacial score (nSPS) is 12.7. The van der Waals surface area contributed by atoms with Crippen LogP contribution < -0.4 is 5.73 Å². The molecule has 1 atom stereocenters. The molecule has 0 spiro atoms. The van der Waals surface area contributed by atoms with E-state index in [0.29, 0.717) is 12.1 Å². The Morgan fingerprint density at radius 3 is 2.24 bits per heavy atom. The molecule has 0 saturated heterocycles. The minimum absolute atomic E-state index is 0.245. The predicted molar refractivity (Wildman–Crippen MR) is 76.0 cm³/mol. The average molecular weight is 294 g/mol. The Kier molecular flexibility index (Phi) is 4.98. The number of halogens is 3. The van der Waals surface area contributed by atoms with Crippen molar-refractivity contribution in [2.24, 2.45) is 5.73 Å². The molecule has 2 nitrogen and oxygen atoms in total. The lowest BCUT2D eigenvalue weighted by Gasteiger charge is -2.27. The molecule has 2 aromatic carbocycles. The standard InChI is InChI=1S/C16H17F3N2/c1-21(10-11-2-5-13(17)6-3-11)16(9-20)12-4-7-14(18)15(19)8-12/h2-8,16H,9-10,20H2,1H3. The fourth-order valence-corrected chi connectivity index (χ4v) is 2.28. The second kappa shape index (κ2) is 6.74. The SMILES string of the molecule is CN(Cc1ccc(F)cc1)C(CN)c1ccc(F)c(F)c1. The van der Waals surface area contributed by atoms with Crippen LogP contribution >= 0.6 is 0 Å². The fourth-order valence-electron chi connectivity index (χ4n) is 2.28. The highest BCUT2D eigenvalue weighted by Crippen LogP contribution is 2.22. The van der Waals surface area contributed by atoms with Gasteiger partial charge in [-0.05, 0) is 42.4 Å². The first-order valence-electron chi connectivity index (χ1n) is 6.61. The molecule has 0 aromatic heterocycles. The van der Waals surface area contributed by atoms with Crippen molar-refractivity contribution in [3.63, 3.8) is 0 Å². The van der Waals surface area contributed by atoms with Crippen molar-refractivity contribution >= 4 is 0 Å². The third-order valence-corrected chi connectivity index (χ3v) is 3.43. The molecule has 1 unspecified atom stereocenters. The number of likely N-dealkylation sites (N-methyl/N-ethyl adjacent to an activating group) is 1. The van der Waals surface area contributed by atoms with Crippen LogP contribution in [0.1, 0.15) is 17.2 Å². The molecule has 0 bridgehead atoms. The van der Waals surface area contributed by atoms with Gasteiger partial charge in [0.05, 0.1) is 0 Å². The first-order valence-corrected chi connectivity index (χ1v) is 6.61. The van der Waals surface area contributed by atoms with Crippen molar-refractivity contribution in [1.29, 1.82) is 0 Å². The van der Waals surface area contributed by atoms with Gasteiger partial charge in [-0.25, -0.2) is 13.2 Å². The Morgan fingerprint density at radius 2 is 1.67 bits per heavy atom. The zero-order chi connectivity index (χ0) is 15.4. The van der Waals surface area contributed by atoms with Crippen molar-refractivity contribution in [3.05, 3.63) is 71.0 Å². The zero-order valence-electron chi connectivity index (χ0n) is 11.7. The van der Waals surface area contributed by atoms with Gasteiger partial charge in [-0.1, -0.05) is 18.2 Å². The second-order valence-electron chi connectivity index (χ2n) is 4.97. The molecule has 112 valence electrons. The second-order valence-corrected chi connectivity index (χ2v) is 4.97. The van der Waals surface area contributed by atoms with Gasteiger partial charge in [-0.2, -0.15) is 0 Å². The number of nitrogens with zero attached hydrogens (tertiary/aromatic N) is 1. The molecule has 0 fully saturated rings. The van der Waals surface area contributed by atoms with Crippen molar-refractivity contribution in [3.8, 4) is 0 Å². The van der Waals surface area contributed by atoms with Gasteiger partial charge in [0.15, 0.2) is 11.6 Å². The van der Waals surface area contributed by atoms with Gasteiger partial charge in [-0.15, -0.1) is 0 Å². The fraction of sp³-hybridized carbons (Fsp3) is 0.250. The smallest absolute Gasteiger partial charge is 0.159 e. The number of hydrogen-bond acceptors (Lipinski definition) is 2. The highest BCUT2D eigenvalue weighted by atomic mass is 19.2. The summed E-state index contributed by atoms with van der Waals surface area (Å²) in [6.07, 6.45) is 0. The quantitative estimate of drug-likeness (QED) is 0.917. The van der Waals surface area contributed by atoms with Gasteiger partial charge in [0.25, 0.3) is 0 Å². The van der Waals surface area contributed by atoms with Gasteiger partial charge >= 0.3 is 0 Å². The first-order chi connectivity index (χ1) is 10.0. The maximum Gasteiger partial charge on any atom is 0.159 e. The minimum Gasteiger partial charge on any atom is -0.329 e. The summed E-state index contributed by atoms with van der Waals surface area (Å²) in [4.78, 5) is 1.92. The molecule has 0 aliphatic heterocycles. The van der Waals surface area contributed by atoms with Crippen molar-refractivity contribution < 1.29 is 13.2 Å². The van der Waals surface area contributed by atoms with Crippen molar-refractivity contribution in [2.45, 2.75) is 12.6 Å². The van der Waals surface area contributed by atoms with Crippen LogP contribution in [-0.2, 0) is 6.54 Å². The molecule has 0 amide bonds. The van der Waals surface area contributed by atoms with E-state index in [1.165, 1.54) is 18.2 Å². The third kappa shape index (κ3) is 3.83. The summed E-state index contributed by atoms with van der Waals surface area (Å²) in [5.41, 5.74) is 7.28. The molecule has 0 heterocycles. The van der Waals surface area contributed by atoms with E-state index in [1.54, 1.807) is 12.1 Å². The van der Waals surface area contributed by atoms with Crippen LogP contribution in [0.25, 0.3) is 0 Å². The summed E-state index contributed by atoms with van der Waals surface area (Å²) in [6.45, 7) is 0.796. The van der Waals surface area contributed by atoms with Gasteiger partial charge in [0, 0.05) is 19.1 Å². The van der Waals surface area contributed by atoms with Crippen LogP contribution in [0.2, 0.25) is 0 Å². The lowest BCUT2D eigenvalue weighted by Crippen LogP contribution is -2.30. The number of benzene rings is 2. The van der Waals surface area contributed by atoms with E-state index in [4.69, 9.17) is 5.73 Å². The Morgan fingerprint density at radius 1 is 1.00 bits per heavy atom. The maximum absolute atomic E-state index is 13.3. The topological polar surface area (TPSA) is 29.3 Å². The Labute approximate surface area is 122 Å². The van der Waals surface area contributed by atoms with E-state index in [9.17, 15) is 13.2 Å². The summed E-state index contributed by atoms with van der Waals surface area (Å²) in [6, 6.07) is 9.68. The van der Waals surface area contributed by atoms with Gasteiger partial charge < -0.3 is 5.73 Å². The third-order valence-electron chi connectivity index (χ3n) is 3.43. The van der Waals surface area contributed by atoms with Gasteiger partial charge in [0.1, 0.15) is 5.82 Å². The molecule has 0 saturated carbocycles. The minimum atomic E-state index is -0.888. The summed E-state index contributed by atoms with van der Waals surface area (Å²) in [5, 5.41) is 0. The molecule has 21 heavy (non-hydrogen) atoms. The highest BCUT2D eigenvalue weighted by Gasteiger charge is 2.17. The lowest BCUT2D eigenvalue weighted by atomic mass is 10.0. The van der Waals surface area contributed by atoms with Crippen molar-refractivity contribution in [2.75, 3.05) is 13.6 Å². The molecule has 2 aromatic rings. The van der Waals surface area contributed by atoms with E-state index in [1.807, 2.05) is 11.9 Å². The highest BCUT2D eigenvalue weighted by molar-refractivity contribution is 5.22. The van der Waals surface area contributed by atoms with E-state index in [2.05, 4.69) is 0 Å². The molecular weight excluding hydrogens is 277 g/mol. The molecular formula is C16H17F3N2. The summed E-state index contributed by atoms with van der Waals surface area (Å²) < 4.78 is 39.2. The Balaban J connectivity index is 2.15. The molecule has 2 rings (SSSR count). The van der Waals surface area contributed by atoms with E-state index in [-0.39, 0.29) is 18.4 Å². The molecule has 0 radical (unpaired) electrons. The van der Waals surface area contributed by atoms with Gasteiger partial charge in [-0.3, -0.25) is 4.90 Å². The molecule has 5 heteroatoms. The van der Waals surface area contributed by atoms with E-state index >= 15 is 0 Å². The number of hydrogen-bond donors (Lipinski definition) is 1. The van der Waals surface area contributed by atoms with Crippen molar-refractivity contribution in [1.82, 2.24) is 4.90 Å². The number of rotatable bonds is 5. The summed E-state index contributed by atoms with van der Waals surface area (Å²) in [7, 11) is 1.84. The molecule has 0 aliphatic rings. The van der Waals surface area contributed by atoms with Crippen LogP contribution in [0.4, 0.5) is 13.2 Å². The Bertz CT molecular complexity index is 599. The average Bonchev–Trinajstić information content (AvgIpc) is 2.46. The monoisotopic (exact) mass is 294 g/mol. The first kappa shape index (κ1) is 15.5. The van der Waals surface area contributed by atoms with E-state index < -0.39 is 11.6 Å². The maximum atomic E-state index is 13.3. The van der Waals surface area contributed by atoms with Crippen LogP contribution in [0, 0.1) is 17.5 Å². The van der Waals surface area contributed by atoms with Crippen LogP contribution in [-0.4, -0.2) is 18.5 Å². The number of nitrogens with two attached hydrogens (primary N) is 1. The van der Waals surface area contributed by atoms with Crippen LogP contribution in [0.5, 0.6) is 0 Å². The van der Waals surface area contributed by atoms with Gasteiger partial charge in [0.2, 0.25) is 0 Å². The van der Waals surface area contributed by atoms with Crippen LogP contribution in [0.3, 0.4) is 0 Å².